The van der Waals surface area contributed by atoms with Gasteiger partial charge in [-0.3, -0.25) is 15.6 Å². The largest absolute Gasteiger partial charge is 0.356 e. The predicted molar refractivity (Wildman–Crippen MR) is 112 cm³/mol. The number of anilines is 3. The first-order valence-electron chi connectivity index (χ1n) is 9.09. The quantitative estimate of drug-likeness (QED) is 0.626. The molecular weight excluding hydrogens is 374 g/mol. The molecule has 1 aliphatic heterocycles. The molecule has 1 fully saturated rings. The molecule has 3 aromatic heterocycles. The number of nitrogens with two attached hydrogens (primary N) is 1. The number of carbonyl (C=O) groups excluding carboxylic acids is 1. The van der Waals surface area contributed by atoms with E-state index >= 15 is 0 Å². The zero-order valence-corrected chi connectivity index (χ0v) is 16.0. The lowest BCUT2D eigenvalue weighted by Gasteiger charge is -2.31. The van der Waals surface area contributed by atoms with Crippen molar-refractivity contribution in [2.75, 3.05) is 28.6 Å². The van der Waals surface area contributed by atoms with E-state index in [-0.39, 0.29) is 12.1 Å². The van der Waals surface area contributed by atoms with Crippen LogP contribution in [0.15, 0.2) is 48.1 Å². The van der Waals surface area contributed by atoms with Crippen LogP contribution in [0.2, 0.25) is 0 Å². The molecule has 28 heavy (non-hydrogen) atoms. The third kappa shape index (κ3) is 4.44. The molecule has 0 saturated carbocycles. The number of thiazole rings is 1. The Kier molecular flexibility index (Phi) is 5.45. The summed E-state index contributed by atoms with van der Waals surface area (Å²) in [6, 6.07) is 9.24. The number of nitrogens with one attached hydrogen (secondary N) is 2. The number of amides is 2. The molecular formula is C19H21N7OS. The monoisotopic (exact) mass is 395 g/mol. The van der Waals surface area contributed by atoms with E-state index in [0.717, 1.165) is 42.3 Å². The number of hydrogen-bond donors (Lipinski definition) is 3. The first-order chi connectivity index (χ1) is 13.7. The van der Waals surface area contributed by atoms with Gasteiger partial charge >= 0.3 is 6.03 Å². The molecule has 0 unspecified atom stereocenters. The van der Waals surface area contributed by atoms with Crippen molar-refractivity contribution < 1.29 is 4.79 Å². The van der Waals surface area contributed by atoms with Gasteiger partial charge in [0.1, 0.15) is 22.5 Å². The van der Waals surface area contributed by atoms with Crippen LogP contribution in [0, 0.1) is 0 Å². The Hall–Kier alpha value is -3.04. The van der Waals surface area contributed by atoms with E-state index in [9.17, 15) is 4.79 Å². The van der Waals surface area contributed by atoms with E-state index in [4.69, 9.17) is 5.73 Å². The van der Waals surface area contributed by atoms with E-state index < -0.39 is 0 Å². The maximum absolute atomic E-state index is 12.3. The molecule has 9 heteroatoms. The van der Waals surface area contributed by atoms with Gasteiger partial charge in [0.05, 0.1) is 0 Å². The molecule has 2 amide bonds. The molecule has 144 valence electrons. The van der Waals surface area contributed by atoms with Crippen LogP contribution in [0.5, 0.6) is 0 Å². The fourth-order valence-electron chi connectivity index (χ4n) is 3.02. The topological polar surface area (TPSA) is 109 Å². The Morgan fingerprint density at radius 1 is 1.07 bits per heavy atom. The van der Waals surface area contributed by atoms with Crippen molar-refractivity contribution in [1.29, 1.82) is 0 Å². The van der Waals surface area contributed by atoms with E-state index in [2.05, 4.69) is 30.5 Å². The number of piperidine rings is 1. The van der Waals surface area contributed by atoms with Crippen LogP contribution >= 0.6 is 11.3 Å². The molecule has 4 N–H and O–H groups in total. The zero-order chi connectivity index (χ0) is 19.3. The number of carbonyl (C=O) groups is 1. The fourth-order valence-corrected chi connectivity index (χ4v) is 3.78. The molecule has 1 aliphatic rings. The van der Waals surface area contributed by atoms with Gasteiger partial charge in [0, 0.05) is 42.5 Å². The normalized spacial score (nSPS) is 14.7. The van der Waals surface area contributed by atoms with Gasteiger partial charge in [-0.25, -0.2) is 14.8 Å². The van der Waals surface area contributed by atoms with Crippen molar-refractivity contribution in [2.45, 2.75) is 18.9 Å². The van der Waals surface area contributed by atoms with Gasteiger partial charge in [-0.1, -0.05) is 6.07 Å². The minimum Gasteiger partial charge on any atom is -0.356 e. The first-order valence-corrected chi connectivity index (χ1v) is 9.97. The van der Waals surface area contributed by atoms with Crippen LogP contribution in [-0.4, -0.2) is 40.1 Å². The van der Waals surface area contributed by atoms with Gasteiger partial charge in [-0.05, 0) is 37.1 Å². The third-order valence-corrected chi connectivity index (χ3v) is 5.40. The van der Waals surface area contributed by atoms with Gasteiger partial charge in [0.25, 0.3) is 0 Å². The summed E-state index contributed by atoms with van der Waals surface area (Å²) >= 11 is 1.46. The highest BCUT2D eigenvalue weighted by molar-refractivity contribution is 7.13. The van der Waals surface area contributed by atoms with E-state index in [1.54, 1.807) is 23.8 Å². The summed E-state index contributed by atoms with van der Waals surface area (Å²) in [5.74, 6) is 1.84. The van der Waals surface area contributed by atoms with E-state index in [0.29, 0.717) is 11.6 Å². The molecule has 0 spiro atoms. The second-order valence-electron chi connectivity index (χ2n) is 6.56. The summed E-state index contributed by atoms with van der Waals surface area (Å²) < 4.78 is 0. The van der Waals surface area contributed by atoms with Crippen molar-refractivity contribution in [3.05, 3.63) is 48.1 Å². The molecule has 8 nitrogen and oxygen atoms in total. The third-order valence-electron chi connectivity index (χ3n) is 4.51. The molecule has 0 radical (unpaired) electrons. The van der Waals surface area contributed by atoms with Gasteiger partial charge in [-0.2, -0.15) is 0 Å². The summed E-state index contributed by atoms with van der Waals surface area (Å²) in [6.45, 7) is 1.75. The summed E-state index contributed by atoms with van der Waals surface area (Å²) in [4.78, 5) is 27.5. The Labute approximate surface area is 166 Å². The summed E-state index contributed by atoms with van der Waals surface area (Å²) in [5.41, 5.74) is 6.92. The average Bonchev–Trinajstić information content (AvgIpc) is 3.18. The van der Waals surface area contributed by atoms with Crippen LogP contribution in [0.3, 0.4) is 0 Å². The molecule has 0 bridgehead atoms. The van der Waals surface area contributed by atoms with Gasteiger partial charge < -0.3 is 10.6 Å². The lowest BCUT2D eigenvalue weighted by Crippen LogP contribution is -2.40. The van der Waals surface area contributed by atoms with Crippen molar-refractivity contribution in [1.82, 2.24) is 15.0 Å². The number of nitrogens with zero attached hydrogens (tertiary/aromatic N) is 4. The standard InChI is InChI=1S/C19H21N7OS/c20-14-6-10-26(11-7-14)17-3-1-2-15(22-17)24-19(27)25-16-12-28-18(23-16)13-4-8-21-9-5-13/h1-5,8-9,12,14H,6-7,10-11,20H2,(H2,22,24,25,27). The number of aromatic nitrogens is 3. The van der Waals surface area contributed by atoms with Crippen molar-refractivity contribution in [3.63, 3.8) is 0 Å². The molecule has 4 rings (SSSR count). The van der Waals surface area contributed by atoms with Crippen LogP contribution in [-0.2, 0) is 0 Å². The van der Waals surface area contributed by atoms with Gasteiger partial charge in [-0.15, -0.1) is 11.3 Å². The van der Waals surface area contributed by atoms with Crippen LogP contribution < -0.4 is 21.3 Å². The van der Waals surface area contributed by atoms with Crippen molar-refractivity contribution >= 4 is 34.8 Å². The molecule has 0 aromatic carbocycles. The number of pyridine rings is 2. The Morgan fingerprint density at radius 3 is 2.61 bits per heavy atom. The molecule has 0 atom stereocenters. The number of rotatable bonds is 4. The minimum atomic E-state index is -0.378. The summed E-state index contributed by atoms with van der Waals surface area (Å²) in [7, 11) is 0. The van der Waals surface area contributed by atoms with Crippen molar-refractivity contribution in [2.24, 2.45) is 5.73 Å². The highest BCUT2D eigenvalue weighted by atomic mass is 32.1. The smallest absolute Gasteiger partial charge is 0.326 e. The Morgan fingerprint density at radius 2 is 1.82 bits per heavy atom. The number of hydrogen-bond acceptors (Lipinski definition) is 7. The predicted octanol–water partition coefficient (Wildman–Crippen LogP) is 3.17. The van der Waals surface area contributed by atoms with Crippen molar-refractivity contribution in [3.8, 4) is 10.6 Å². The van der Waals surface area contributed by atoms with Gasteiger partial charge in [0.15, 0.2) is 0 Å². The van der Waals surface area contributed by atoms with Gasteiger partial charge in [0.2, 0.25) is 0 Å². The Bertz CT molecular complexity index is 938. The van der Waals surface area contributed by atoms with Crippen LogP contribution in [0.25, 0.3) is 10.6 Å². The van der Waals surface area contributed by atoms with Crippen LogP contribution in [0.4, 0.5) is 22.2 Å². The second-order valence-corrected chi connectivity index (χ2v) is 7.42. The van der Waals surface area contributed by atoms with E-state index in [1.807, 2.05) is 24.3 Å². The minimum absolute atomic E-state index is 0.262. The van der Waals surface area contributed by atoms with Crippen LogP contribution in [0.1, 0.15) is 12.8 Å². The second kappa shape index (κ2) is 8.32. The molecule has 4 heterocycles. The summed E-state index contributed by atoms with van der Waals surface area (Å²) in [6.07, 6.45) is 5.32. The Balaban J connectivity index is 1.38. The highest BCUT2D eigenvalue weighted by Gasteiger charge is 2.17. The molecule has 0 aliphatic carbocycles. The fraction of sp³-hybridized carbons (Fsp3) is 0.263. The van der Waals surface area contributed by atoms with E-state index in [1.165, 1.54) is 11.3 Å². The molecule has 3 aromatic rings. The zero-order valence-electron chi connectivity index (χ0n) is 15.2. The maximum atomic E-state index is 12.3. The summed E-state index contributed by atoms with van der Waals surface area (Å²) in [5, 5.41) is 8.14. The highest BCUT2D eigenvalue weighted by Crippen LogP contribution is 2.25. The molecule has 1 saturated heterocycles. The average molecular weight is 395 g/mol. The maximum Gasteiger partial charge on any atom is 0.326 e. The lowest BCUT2D eigenvalue weighted by molar-refractivity contribution is 0.262. The lowest BCUT2D eigenvalue weighted by atomic mass is 10.1. The SMILES string of the molecule is NC1CCN(c2cccc(NC(=O)Nc3csc(-c4ccncc4)n3)n2)CC1. The number of urea groups is 1. The first kappa shape index (κ1) is 18.3.